The second kappa shape index (κ2) is 6.01. The van der Waals surface area contributed by atoms with Crippen molar-refractivity contribution in [2.45, 2.75) is 38.6 Å². The maximum absolute atomic E-state index is 5.98. The first-order valence-corrected chi connectivity index (χ1v) is 7.05. The molecule has 0 radical (unpaired) electrons. The summed E-state index contributed by atoms with van der Waals surface area (Å²) in [6.07, 6.45) is 3.60. The molecular weight excluding hydrogens is 248 g/mol. The molecule has 4 N–H and O–H groups in total. The van der Waals surface area contributed by atoms with Gasteiger partial charge in [-0.1, -0.05) is 44.2 Å². The first kappa shape index (κ1) is 14.5. The number of anilines is 1. The molecular formula is C16H22N4. The van der Waals surface area contributed by atoms with Gasteiger partial charge in [0.1, 0.15) is 11.6 Å². The molecule has 1 aromatic heterocycles. The lowest BCUT2D eigenvalue weighted by molar-refractivity contribution is 0.449. The Bertz CT molecular complexity index is 562. The summed E-state index contributed by atoms with van der Waals surface area (Å²) >= 11 is 0. The van der Waals surface area contributed by atoms with Crippen molar-refractivity contribution < 1.29 is 0 Å². The highest BCUT2D eigenvalue weighted by Gasteiger charge is 2.33. The molecule has 0 saturated heterocycles. The van der Waals surface area contributed by atoms with Crippen LogP contribution in [0.3, 0.4) is 0 Å². The minimum Gasteiger partial charge on any atom is -0.383 e. The van der Waals surface area contributed by atoms with Crippen molar-refractivity contribution in [3.63, 3.8) is 0 Å². The van der Waals surface area contributed by atoms with Crippen LogP contribution in [-0.4, -0.2) is 9.97 Å². The molecule has 0 aliphatic heterocycles. The molecule has 0 fully saturated rings. The predicted octanol–water partition coefficient (Wildman–Crippen LogP) is 2.62. The largest absolute Gasteiger partial charge is 0.383 e. The Labute approximate surface area is 120 Å². The predicted molar refractivity (Wildman–Crippen MR) is 82.1 cm³/mol. The number of hydrogen-bond donors (Lipinski definition) is 2. The minimum atomic E-state index is -0.192. The van der Waals surface area contributed by atoms with Crippen molar-refractivity contribution in [1.29, 1.82) is 0 Å². The van der Waals surface area contributed by atoms with Gasteiger partial charge in [-0.2, -0.15) is 0 Å². The minimum absolute atomic E-state index is 0.192. The van der Waals surface area contributed by atoms with Crippen molar-refractivity contribution in [2.24, 2.45) is 5.73 Å². The van der Waals surface area contributed by atoms with Crippen molar-refractivity contribution in [3.05, 3.63) is 53.5 Å². The van der Waals surface area contributed by atoms with Gasteiger partial charge in [-0.3, -0.25) is 0 Å². The van der Waals surface area contributed by atoms with E-state index in [0.29, 0.717) is 12.4 Å². The summed E-state index contributed by atoms with van der Waals surface area (Å²) in [6, 6.07) is 10.4. The molecule has 106 valence electrons. The average Bonchev–Trinajstić information content (AvgIpc) is 2.50. The van der Waals surface area contributed by atoms with Gasteiger partial charge in [-0.05, 0) is 18.4 Å². The van der Waals surface area contributed by atoms with Gasteiger partial charge in [-0.15, -0.1) is 0 Å². The van der Waals surface area contributed by atoms with E-state index in [-0.39, 0.29) is 5.41 Å². The lowest BCUT2D eigenvalue weighted by Crippen LogP contribution is -2.29. The zero-order chi connectivity index (χ0) is 14.6. The summed E-state index contributed by atoms with van der Waals surface area (Å²) in [5, 5.41) is 0. The molecule has 1 aromatic carbocycles. The maximum atomic E-state index is 5.98. The number of benzene rings is 1. The molecule has 2 rings (SSSR count). The van der Waals surface area contributed by atoms with Crippen LogP contribution >= 0.6 is 0 Å². The third kappa shape index (κ3) is 2.39. The molecule has 1 heterocycles. The Morgan fingerprint density at radius 2 is 1.75 bits per heavy atom. The van der Waals surface area contributed by atoms with Crippen molar-refractivity contribution in [1.82, 2.24) is 9.97 Å². The Hall–Kier alpha value is -1.94. The summed E-state index contributed by atoms with van der Waals surface area (Å²) in [7, 11) is 0. The van der Waals surface area contributed by atoms with E-state index in [0.717, 1.165) is 24.2 Å². The smallest absolute Gasteiger partial charge is 0.141 e. The highest BCUT2D eigenvalue weighted by molar-refractivity contribution is 5.41. The second-order valence-corrected chi connectivity index (χ2v) is 4.96. The van der Waals surface area contributed by atoms with Crippen molar-refractivity contribution >= 4 is 5.82 Å². The Morgan fingerprint density at radius 1 is 1.10 bits per heavy atom. The normalized spacial score (nSPS) is 11.6. The first-order chi connectivity index (χ1) is 9.67. The van der Waals surface area contributed by atoms with Crippen LogP contribution in [0.25, 0.3) is 0 Å². The van der Waals surface area contributed by atoms with Gasteiger partial charge in [0.15, 0.2) is 0 Å². The van der Waals surface area contributed by atoms with E-state index in [2.05, 4.69) is 35.9 Å². The zero-order valence-electron chi connectivity index (χ0n) is 12.1. The maximum Gasteiger partial charge on any atom is 0.141 e. The van der Waals surface area contributed by atoms with E-state index >= 15 is 0 Å². The van der Waals surface area contributed by atoms with E-state index in [1.54, 1.807) is 6.20 Å². The van der Waals surface area contributed by atoms with Gasteiger partial charge < -0.3 is 11.5 Å². The molecule has 0 unspecified atom stereocenters. The summed E-state index contributed by atoms with van der Waals surface area (Å²) in [6.45, 7) is 4.68. The van der Waals surface area contributed by atoms with Crippen LogP contribution in [0.15, 0.2) is 36.5 Å². The molecule has 20 heavy (non-hydrogen) atoms. The highest BCUT2D eigenvalue weighted by Crippen LogP contribution is 2.36. The van der Waals surface area contributed by atoms with Gasteiger partial charge >= 0.3 is 0 Å². The molecule has 0 spiro atoms. The number of nitrogen functional groups attached to an aromatic ring is 1. The Kier molecular flexibility index (Phi) is 4.35. The van der Waals surface area contributed by atoms with Gasteiger partial charge in [0.05, 0.1) is 5.41 Å². The van der Waals surface area contributed by atoms with Crippen LogP contribution in [0.1, 0.15) is 43.6 Å². The van der Waals surface area contributed by atoms with Gasteiger partial charge in [0, 0.05) is 18.3 Å². The molecule has 0 aliphatic carbocycles. The number of aromatic nitrogens is 2. The molecule has 0 amide bonds. The molecule has 0 bridgehead atoms. The lowest BCUT2D eigenvalue weighted by atomic mass is 9.75. The van der Waals surface area contributed by atoms with E-state index in [1.807, 2.05) is 18.2 Å². The van der Waals surface area contributed by atoms with Crippen LogP contribution in [0.4, 0.5) is 5.82 Å². The molecule has 4 nitrogen and oxygen atoms in total. The molecule has 0 saturated carbocycles. The fraction of sp³-hybridized carbons (Fsp3) is 0.375. The van der Waals surface area contributed by atoms with E-state index in [1.165, 1.54) is 5.56 Å². The van der Waals surface area contributed by atoms with E-state index < -0.39 is 0 Å². The van der Waals surface area contributed by atoms with Crippen molar-refractivity contribution in [3.8, 4) is 0 Å². The van der Waals surface area contributed by atoms with E-state index in [4.69, 9.17) is 11.5 Å². The van der Waals surface area contributed by atoms with Crippen LogP contribution in [0.2, 0.25) is 0 Å². The van der Waals surface area contributed by atoms with Crippen molar-refractivity contribution in [2.75, 3.05) is 5.73 Å². The molecule has 0 aliphatic rings. The monoisotopic (exact) mass is 270 g/mol. The van der Waals surface area contributed by atoms with E-state index in [9.17, 15) is 0 Å². The SMILES string of the molecule is CCC(CC)(c1ccccc1)c1ncc(CN)c(N)n1. The van der Waals surface area contributed by atoms with Crippen LogP contribution in [0.5, 0.6) is 0 Å². The standard InChI is InChI=1S/C16H22N4/c1-3-16(4-2,13-8-6-5-7-9-13)15-19-11-12(10-17)14(18)20-15/h5-9,11H,3-4,10,17H2,1-2H3,(H2,18,19,20). The third-order valence-electron chi connectivity index (χ3n) is 4.08. The number of nitrogens with zero attached hydrogens (tertiary/aromatic N) is 2. The number of rotatable bonds is 5. The number of hydrogen-bond acceptors (Lipinski definition) is 4. The quantitative estimate of drug-likeness (QED) is 0.875. The Morgan fingerprint density at radius 3 is 2.25 bits per heavy atom. The Balaban J connectivity index is 2.56. The van der Waals surface area contributed by atoms with Crippen LogP contribution in [-0.2, 0) is 12.0 Å². The van der Waals surface area contributed by atoms with Crippen LogP contribution < -0.4 is 11.5 Å². The van der Waals surface area contributed by atoms with Gasteiger partial charge in [-0.25, -0.2) is 9.97 Å². The second-order valence-electron chi connectivity index (χ2n) is 4.96. The average molecular weight is 270 g/mol. The third-order valence-corrected chi connectivity index (χ3v) is 4.08. The summed E-state index contributed by atoms with van der Waals surface area (Å²) in [5.41, 5.74) is 13.4. The fourth-order valence-corrected chi connectivity index (χ4v) is 2.67. The summed E-state index contributed by atoms with van der Waals surface area (Å²) in [4.78, 5) is 9.05. The van der Waals surface area contributed by atoms with Gasteiger partial charge in [0.25, 0.3) is 0 Å². The fourth-order valence-electron chi connectivity index (χ4n) is 2.67. The summed E-state index contributed by atoms with van der Waals surface area (Å²) in [5.74, 6) is 1.27. The first-order valence-electron chi connectivity index (χ1n) is 7.05. The summed E-state index contributed by atoms with van der Waals surface area (Å²) < 4.78 is 0. The molecule has 2 aromatic rings. The lowest BCUT2D eigenvalue weighted by Gasteiger charge is -2.31. The number of nitrogens with two attached hydrogens (primary N) is 2. The highest BCUT2D eigenvalue weighted by atomic mass is 15.0. The topological polar surface area (TPSA) is 77.8 Å². The molecule has 4 heteroatoms. The van der Waals surface area contributed by atoms with Crippen LogP contribution in [0, 0.1) is 0 Å². The molecule has 0 atom stereocenters. The zero-order valence-corrected chi connectivity index (χ0v) is 12.1. The van der Waals surface area contributed by atoms with Gasteiger partial charge in [0.2, 0.25) is 0 Å².